The largest absolute Gasteiger partial charge is 0.366 e. The molecule has 7 nitrogen and oxygen atoms in total. The number of fused-ring (bicyclic) bond motifs is 2. The van der Waals surface area contributed by atoms with Crippen molar-refractivity contribution in [1.29, 1.82) is 0 Å². The van der Waals surface area contributed by atoms with E-state index in [-0.39, 0.29) is 11.9 Å². The van der Waals surface area contributed by atoms with Crippen LogP contribution in [0.25, 0.3) is 16.6 Å². The predicted molar refractivity (Wildman–Crippen MR) is 115 cm³/mol. The Bertz CT molecular complexity index is 1100. The molecule has 1 aliphatic heterocycles. The van der Waals surface area contributed by atoms with Gasteiger partial charge in [-0.25, -0.2) is 4.68 Å². The van der Waals surface area contributed by atoms with Crippen LogP contribution in [0.4, 0.5) is 5.69 Å². The molecule has 1 saturated heterocycles. The van der Waals surface area contributed by atoms with Gasteiger partial charge in [-0.2, -0.15) is 5.10 Å². The summed E-state index contributed by atoms with van der Waals surface area (Å²) in [6, 6.07) is 12.8. The molecule has 30 heavy (non-hydrogen) atoms. The highest BCUT2D eigenvalue weighted by molar-refractivity contribution is 6.04. The highest BCUT2D eigenvalue weighted by Gasteiger charge is 2.40. The Morgan fingerprint density at radius 1 is 1.10 bits per heavy atom. The van der Waals surface area contributed by atoms with E-state index in [1.54, 1.807) is 16.8 Å². The van der Waals surface area contributed by atoms with E-state index in [2.05, 4.69) is 15.7 Å². The van der Waals surface area contributed by atoms with Crippen LogP contribution in [0.2, 0.25) is 0 Å². The summed E-state index contributed by atoms with van der Waals surface area (Å²) in [6.45, 7) is 0.946. The van der Waals surface area contributed by atoms with Gasteiger partial charge in [0.1, 0.15) is 5.52 Å². The number of nitrogens with one attached hydrogen (secondary N) is 2. The van der Waals surface area contributed by atoms with Gasteiger partial charge in [-0.3, -0.25) is 9.59 Å². The van der Waals surface area contributed by atoms with E-state index in [0.29, 0.717) is 22.9 Å². The van der Waals surface area contributed by atoms with Gasteiger partial charge in [0.2, 0.25) is 5.91 Å². The molecule has 3 atom stereocenters. The van der Waals surface area contributed by atoms with Gasteiger partial charge in [-0.15, -0.1) is 0 Å². The van der Waals surface area contributed by atoms with Crippen LogP contribution < -0.4 is 16.4 Å². The van der Waals surface area contributed by atoms with Gasteiger partial charge in [0.25, 0.3) is 5.91 Å². The minimum atomic E-state index is -0.496. The summed E-state index contributed by atoms with van der Waals surface area (Å²) in [7, 11) is 0. The zero-order valence-electron chi connectivity index (χ0n) is 16.7. The number of nitrogens with zero attached hydrogens (tertiary/aromatic N) is 2. The molecular formula is C23H25N5O2. The van der Waals surface area contributed by atoms with Crippen LogP contribution in [0.15, 0.2) is 48.7 Å². The molecule has 5 rings (SSSR count). The molecule has 0 spiro atoms. The Kier molecular flexibility index (Phi) is 4.75. The lowest BCUT2D eigenvalue weighted by Gasteiger charge is -2.27. The van der Waals surface area contributed by atoms with Crippen LogP contribution in [0.1, 0.15) is 36.0 Å². The van der Waals surface area contributed by atoms with Gasteiger partial charge in [-0.05, 0) is 61.6 Å². The maximum atomic E-state index is 12.8. The van der Waals surface area contributed by atoms with Crippen molar-refractivity contribution in [3.63, 3.8) is 0 Å². The number of carbonyl (C=O) groups is 2. The fourth-order valence-electron chi connectivity index (χ4n) is 4.94. The summed E-state index contributed by atoms with van der Waals surface area (Å²) in [6.07, 6.45) is 6.72. The van der Waals surface area contributed by atoms with E-state index < -0.39 is 5.91 Å². The summed E-state index contributed by atoms with van der Waals surface area (Å²) in [4.78, 5) is 24.4. The highest BCUT2D eigenvalue weighted by Crippen LogP contribution is 2.36. The fourth-order valence-corrected chi connectivity index (χ4v) is 4.94. The van der Waals surface area contributed by atoms with Gasteiger partial charge >= 0.3 is 0 Å². The molecule has 7 heteroatoms. The zero-order chi connectivity index (χ0) is 20.7. The van der Waals surface area contributed by atoms with E-state index >= 15 is 0 Å². The highest BCUT2D eigenvalue weighted by atomic mass is 16.2. The van der Waals surface area contributed by atoms with Crippen LogP contribution in [-0.4, -0.2) is 34.2 Å². The van der Waals surface area contributed by atoms with Gasteiger partial charge in [0.15, 0.2) is 0 Å². The molecule has 0 radical (unpaired) electrons. The van der Waals surface area contributed by atoms with E-state index in [1.165, 1.54) is 19.3 Å². The molecule has 154 valence electrons. The molecule has 1 aliphatic carbocycles. The average molecular weight is 403 g/mol. The van der Waals surface area contributed by atoms with Gasteiger partial charge in [0, 0.05) is 17.3 Å². The van der Waals surface area contributed by atoms with Gasteiger partial charge in [-0.1, -0.05) is 25.0 Å². The smallest absolute Gasteiger partial charge is 0.250 e. The van der Waals surface area contributed by atoms with Crippen molar-refractivity contribution < 1.29 is 9.59 Å². The molecule has 3 unspecified atom stereocenters. The SMILES string of the molecule is NC(=O)c1cccc2cn(-c3ccc(NC(=O)C4NCC5CCCCC54)cc3)nc12. The second-order valence-corrected chi connectivity index (χ2v) is 8.31. The number of primary amides is 1. The number of benzene rings is 2. The van der Waals surface area contributed by atoms with Crippen molar-refractivity contribution in [2.75, 3.05) is 11.9 Å². The molecule has 2 fully saturated rings. The molecule has 2 amide bonds. The number of amides is 2. The van der Waals surface area contributed by atoms with Crippen molar-refractivity contribution in [2.24, 2.45) is 17.6 Å². The topological polar surface area (TPSA) is 102 Å². The summed E-state index contributed by atoms with van der Waals surface area (Å²) >= 11 is 0. The first-order valence-electron chi connectivity index (χ1n) is 10.5. The monoisotopic (exact) mass is 403 g/mol. The lowest BCUT2D eigenvalue weighted by atomic mass is 9.78. The number of nitrogens with two attached hydrogens (primary N) is 1. The van der Waals surface area contributed by atoms with Crippen LogP contribution >= 0.6 is 0 Å². The van der Waals surface area contributed by atoms with Crippen LogP contribution in [0, 0.1) is 11.8 Å². The number of hydrogen-bond acceptors (Lipinski definition) is 4. The van der Waals surface area contributed by atoms with Crippen molar-refractivity contribution in [3.05, 3.63) is 54.2 Å². The van der Waals surface area contributed by atoms with E-state index in [1.807, 2.05) is 36.5 Å². The maximum absolute atomic E-state index is 12.8. The van der Waals surface area contributed by atoms with Crippen LogP contribution in [0.3, 0.4) is 0 Å². The quantitative estimate of drug-likeness (QED) is 0.623. The minimum Gasteiger partial charge on any atom is -0.366 e. The summed E-state index contributed by atoms with van der Waals surface area (Å²) in [5.41, 5.74) is 8.04. The third-order valence-corrected chi connectivity index (χ3v) is 6.48. The maximum Gasteiger partial charge on any atom is 0.250 e. The fraction of sp³-hybridized carbons (Fsp3) is 0.348. The molecule has 0 bridgehead atoms. The van der Waals surface area contributed by atoms with E-state index in [9.17, 15) is 9.59 Å². The Balaban J connectivity index is 1.32. The van der Waals surface area contributed by atoms with Crippen molar-refractivity contribution in [1.82, 2.24) is 15.1 Å². The number of aromatic nitrogens is 2. The van der Waals surface area contributed by atoms with Crippen molar-refractivity contribution in [2.45, 2.75) is 31.7 Å². The first-order valence-corrected chi connectivity index (χ1v) is 10.5. The average Bonchev–Trinajstić information content (AvgIpc) is 3.38. The van der Waals surface area contributed by atoms with E-state index in [0.717, 1.165) is 29.7 Å². The number of anilines is 1. The molecule has 1 aromatic heterocycles. The summed E-state index contributed by atoms with van der Waals surface area (Å²) in [5.74, 6) is 0.641. The third-order valence-electron chi connectivity index (χ3n) is 6.48. The van der Waals surface area contributed by atoms with Gasteiger partial charge < -0.3 is 16.4 Å². The third kappa shape index (κ3) is 3.35. The molecular weight excluding hydrogens is 378 g/mol. The first-order chi connectivity index (χ1) is 14.6. The molecule has 3 aromatic rings. The Hall–Kier alpha value is -3.19. The Morgan fingerprint density at radius 2 is 1.90 bits per heavy atom. The minimum absolute atomic E-state index is 0.0491. The lowest BCUT2D eigenvalue weighted by Crippen LogP contribution is -2.40. The summed E-state index contributed by atoms with van der Waals surface area (Å²) in [5, 5.41) is 11.8. The van der Waals surface area contributed by atoms with Crippen LogP contribution in [-0.2, 0) is 4.79 Å². The van der Waals surface area contributed by atoms with Gasteiger partial charge in [0.05, 0.1) is 17.3 Å². The molecule has 2 aliphatic rings. The number of rotatable bonds is 4. The molecule has 4 N–H and O–H groups in total. The van der Waals surface area contributed by atoms with E-state index in [4.69, 9.17) is 5.73 Å². The molecule has 1 saturated carbocycles. The first kappa shape index (κ1) is 18.8. The Labute approximate surface area is 174 Å². The van der Waals surface area contributed by atoms with Crippen molar-refractivity contribution >= 4 is 28.4 Å². The predicted octanol–water partition coefficient (Wildman–Crippen LogP) is 2.84. The lowest BCUT2D eigenvalue weighted by molar-refractivity contribution is -0.119. The van der Waals surface area contributed by atoms with Crippen LogP contribution in [0.5, 0.6) is 0 Å². The summed E-state index contributed by atoms with van der Waals surface area (Å²) < 4.78 is 1.72. The standard InChI is InChI=1S/C23H25N5O2/c24-22(29)19-7-3-5-15-13-28(27-20(15)19)17-10-8-16(9-11-17)26-23(30)21-18-6-2-1-4-14(18)12-25-21/h3,5,7-11,13-14,18,21,25H,1-2,4,6,12H2,(H2,24,29)(H,26,30). The normalized spacial score (nSPS) is 23.3. The molecule has 2 heterocycles. The molecule has 2 aromatic carbocycles. The second kappa shape index (κ2) is 7.57. The number of hydrogen-bond donors (Lipinski definition) is 3. The Morgan fingerprint density at radius 3 is 2.70 bits per heavy atom. The zero-order valence-corrected chi connectivity index (χ0v) is 16.7. The second-order valence-electron chi connectivity index (χ2n) is 8.31. The number of carbonyl (C=O) groups excluding carboxylic acids is 2. The van der Waals surface area contributed by atoms with Crippen molar-refractivity contribution in [3.8, 4) is 5.69 Å².